The minimum atomic E-state index is 0.220. The summed E-state index contributed by atoms with van der Waals surface area (Å²) < 4.78 is 0. The van der Waals surface area contributed by atoms with Crippen LogP contribution in [0.1, 0.15) is 11.1 Å². The number of fused-ring (bicyclic) bond motifs is 4. The first-order valence-electron chi connectivity index (χ1n) is 12.5. The third kappa shape index (κ3) is 3.62. The van der Waals surface area contributed by atoms with Gasteiger partial charge in [-0.2, -0.15) is 0 Å². The number of allylic oxidation sites excluding steroid dienone is 1. The lowest BCUT2D eigenvalue weighted by Crippen LogP contribution is -2.16. The predicted molar refractivity (Wildman–Crippen MR) is 157 cm³/mol. The molecule has 0 spiro atoms. The fraction of sp³-hybridized carbons (Fsp3) is 0. The summed E-state index contributed by atoms with van der Waals surface area (Å²) in [5.74, 6) is 0.635. The lowest BCUT2D eigenvalue weighted by Gasteiger charge is -2.16. The molecule has 1 aliphatic carbocycles. The van der Waals surface area contributed by atoms with Gasteiger partial charge in [-0.3, -0.25) is 10.8 Å². The van der Waals surface area contributed by atoms with Crippen LogP contribution in [0.25, 0.3) is 61.5 Å². The molecule has 5 aromatic carbocycles. The highest BCUT2D eigenvalue weighted by Gasteiger charge is 2.19. The second kappa shape index (κ2) is 8.71. The van der Waals surface area contributed by atoms with Crippen molar-refractivity contribution in [3.63, 3.8) is 0 Å². The van der Waals surface area contributed by atoms with Gasteiger partial charge in [0.05, 0.1) is 22.6 Å². The Balaban J connectivity index is 1.43. The summed E-state index contributed by atoms with van der Waals surface area (Å²) in [6, 6.07) is 37.2. The van der Waals surface area contributed by atoms with E-state index in [1.165, 1.54) is 0 Å². The van der Waals surface area contributed by atoms with Crippen LogP contribution in [0.4, 0.5) is 0 Å². The monoisotopic (exact) mass is 486 g/mol. The van der Waals surface area contributed by atoms with Gasteiger partial charge in [-0.25, -0.2) is 9.97 Å². The molecule has 178 valence electrons. The van der Waals surface area contributed by atoms with E-state index in [2.05, 4.69) is 72.8 Å². The molecule has 0 fully saturated rings. The summed E-state index contributed by atoms with van der Waals surface area (Å²) >= 11 is 0. The topological polar surface area (TPSA) is 73.5 Å². The van der Waals surface area contributed by atoms with E-state index in [1.54, 1.807) is 6.08 Å². The second-order valence-electron chi connectivity index (χ2n) is 9.45. The lowest BCUT2D eigenvalue weighted by molar-refractivity contribution is 1.23. The van der Waals surface area contributed by atoms with Gasteiger partial charge in [-0.1, -0.05) is 97.1 Å². The zero-order valence-electron chi connectivity index (χ0n) is 20.4. The number of benzene rings is 5. The number of aromatic nitrogens is 2. The van der Waals surface area contributed by atoms with Crippen molar-refractivity contribution in [3.05, 3.63) is 126 Å². The molecule has 0 radical (unpaired) electrons. The lowest BCUT2D eigenvalue weighted by atomic mass is 9.88. The molecular weight excluding hydrogens is 464 g/mol. The van der Waals surface area contributed by atoms with E-state index in [-0.39, 0.29) is 11.4 Å². The zero-order valence-corrected chi connectivity index (χ0v) is 20.4. The van der Waals surface area contributed by atoms with Crippen molar-refractivity contribution < 1.29 is 0 Å². The van der Waals surface area contributed by atoms with Crippen LogP contribution in [0.3, 0.4) is 0 Å². The van der Waals surface area contributed by atoms with E-state index in [0.29, 0.717) is 5.82 Å². The van der Waals surface area contributed by atoms with Crippen LogP contribution >= 0.6 is 0 Å². The standard InChI is InChI=1S/C34H22N4/c35-29-18-17-23-15-13-22-14-16-26(20-28(22)31(23)32(29)36)34-37-30-12-5-4-11-27(30)33(38-34)25-10-6-9-24(19-25)21-7-2-1-3-8-21/h1-20,35-36H. The van der Waals surface area contributed by atoms with Crippen LogP contribution in [0, 0.1) is 10.8 Å². The molecular formula is C34H22N4. The molecule has 0 bridgehead atoms. The van der Waals surface area contributed by atoms with E-state index in [9.17, 15) is 0 Å². The maximum absolute atomic E-state index is 8.57. The molecule has 1 aliphatic rings. The van der Waals surface area contributed by atoms with Gasteiger partial charge in [-0.15, -0.1) is 0 Å². The number of para-hydroxylation sites is 1. The Labute approximate surface area is 220 Å². The van der Waals surface area contributed by atoms with Crippen LogP contribution in [0.15, 0.2) is 115 Å². The summed E-state index contributed by atoms with van der Waals surface area (Å²) in [5, 5.41) is 19.7. The average molecular weight is 487 g/mol. The van der Waals surface area contributed by atoms with Gasteiger partial charge in [0.25, 0.3) is 0 Å². The molecule has 0 amide bonds. The highest BCUT2D eigenvalue weighted by atomic mass is 14.9. The molecule has 0 saturated heterocycles. The number of hydrogen-bond donors (Lipinski definition) is 2. The molecule has 0 saturated carbocycles. The van der Waals surface area contributed by atoms with Crippen molar-refractivity contribution in [3.8, 4) is 33.8 Å². The number of nitrogens with one attached hydrogen (secondary N) is 2. The molecule has 1 heterocycles. The summed E-state index contributed by atoms with van der Waals surface area (Å²) in [6.45, 7) is 0. The van der Waals surface area contributed by atoms with Gasteiger partial charge in [0.15, 0.2) is 5.82 Å². The van der Waals surface area contributed by atoms with Crippen LogP contribution in [0.2, 0.25) is 0 Å². The van der Waals surface area contributed by atoms with Crippen LogP contribution in [0.5, 0.6) is 0 Å². The average Bonchev–Trinajstić information content (AvgIpc) is 2.98. The van der Waals surface area contributed by atoms with Gasteiger partial charge < -0.3 is 0 Å². The third-order valence-corrected chi connectivity index (χ3v) is 7.11. The third-order valence-electron chi connectivity index (χ3n) is 7.11. The highest BCUT2D eigenvalue weighted by Crippen LogP contribution is 2.34. The first-order chi connectivity index (χ1) is 18.7. The van der Waals surface area contributed by atoms with Crippen LogP contribution in [-0.2, 0) is 0 Å². The highest BCUT2D eigenvalue weighted by molar-refractivity contribution is 6.53. The van der Waals surface area contributed by atoms with E-state index in [4.69, 9.17) is 20.8 Å². The predicted octanol–water partition coefficient (Wildman–Crippen LogP) is 8.20. The zero-order chi connectivity index (χ0) is 25.6. The van der Waals surface area contributed by atoms with Crippen molar-refractivity contribution >= 4 is 39.2 Å². The number of hydrogen-bond acceptors (Lipinski definition) is 4. The molecule has 7 rings (SSSR count). The molecule has 0 unspecified atom stereocenters. The van der Waals surface area contributed by atoms with Crippen molar-refractivity contribution in [2.45, 2.75) is 0 Å². The number of nitrogens with zero attached hydrogens (tertiary/aromatic N) is 2. The molecule has 6 aromatic rings. The Morgan fingerprint density at radius 3 is 2.18 bits per heavy atom. The summed E-state index contributed by atoms with van der Waals surface area (Å²) in [5.41, 5.74) is 8.17. The smallest absolute Gasteiger partial charge is 0.160 e. The molecule has 1 aromatic heterocycles. The minimum absolute atomic E-state index is 0.220. The molecule has 4 nitrogen and oxygen atoms in total. The second-order valence-corrected chi connectivity index (χ2v) is 9.45. The van der Waals surface area contributed by atoms with Crippen LogP contribution < -0.4 is 0 Å². The maximum atomic E-state index is 8.57. The Morgan fingerprint density at radius 2 is 1.29 bits per heavy atom. The first-order valence-corrected chi connectivity index (χ1v) is 12.5. The quantitative estimate of drug-likeness (QED) is 0.265. The largest absolute Gasteiger partial charge is 0.299 e. The number of rotatable bonds is 3. The Hall–Kier alpha value is -5.22. The fourth-order valence-electron chi connectivity index (χ4n) is 5.19. The summed E-state index contributed by atoms with van der Waals surface area (Å²) in [7, 11) is 0. The van der Waals surface area contributed by atoms with Gasteiger partial charge in [0.1, 0.15) is 0 Å². The van der Waals surface area contributed by atoms with Crippen molar-refractivity contribution in [1.82, 2.24) is 9.97 Å². The van der Waals surface area contributed by atoms with Crippen molar-refractivity contribution in [2.75, 3.05) is 0 Å². The van der Waals surface area contributed by atoms with Gasteiger partial charge in [0.2, 0.25) is 0 Å². The fourth-order valence-corrected chi connectivity index (χ4v) is 5.19. The minimum Gasteiger partial charge on any atom is -0.299 e. The SMILES string of the molecule is N=C1C=Cc2ccc3ccc(-c4nc(-c5cccc(-c6ccccc6)c5)c5ccccc5n4)cc3c2C1=N. The molecule has 4 heteroatoms. The van der Waals surface area contributed by atoms with E-state index in [0.717, 1.165) is 60.8 Å². The normalized spacial score (nSPS) is 12.7. The molecule has 38 heavy (non-hydrogen) atoms. The Kier molecular flexibility index (Phi) is 5.05. The summed E-state index contributed by atoms with van der Waals surface area (Å²) in [6.07, 6.45) is 3.59. The molecule has 2 N–H and O–H groups in total. The van der Waals surface area contributed by atoms with E-state index in [1.807, 2.05) is 42.5 Å². The van der Waals surface area contributed by atoms with Gasteiger partial charge in [-0.05, 0) is 51.7 Å². The van der Waals surface area contributed by atoms with Gasteiger partial charge >= 0.3 is 0 Å². The van der Waals surface area contributed by atoms with E-state index >= 15 is 0 Å². The van der Waals surface area contributed by atoms with Crippen molar-refractivity contribution in [1.29, 1.82) is 10.8 Å². The van der Waals surface area contributed by atoms with Gasteiger partial charge in [0, 0.05) is 22.1 Å². The molecule has 0 aliphatic heterocycles. The first kappa shape index (κ1) is 22.0. The Bertz CT molecular complexity index is 1950. The Morgan fingerprint density at radius 1 is 0.526 bits per heavy atom. The summed E-state index contributed by atoms with van der Waals surface area (Å²) in [4.78, 5) is 10.1. The van der Waals surface area contributed by atoms with E-state index < -0.39 is 0 Å². The van der Waals surface area contributed by atoms with Crippen LogP contribution in [-0.4, -0.2) is 21.4 Å². The van der Waals surface area contributed by atoms with Crippen molar-refractivity contribution in [2.24, 2.45) is 0 Å². The maximum Gasteiger partial charge on any atom is 0.160 e. The molecule has 0 atom stereocenters.